The van der Waals surface area contributed by atoms with Crippen molar-refractivity contribution in [3.8, 4) is 11.9 Å². The fourth-order valence-corrected chi connectivity index (χ4v) is 2.68. The normalized spacial score (nSPS) is 11.5. The monoisotopic (exact) mass is 396 g/mol. The SMILES string of the molecule is C[C@H](NC(=O)c1cc(Cl)cc(C#N)c1)c1ncnn1-c1cc(C(N)=O)ncn1. The van der Waals surface area contributed by atoms with Gasteiger partial charge in [0.2, 0.25) is 0 Å². The third kappa shape index (κ3) is 3.94. The summed E-state index contributed by atoms with van der Waals surface area (Å²) in [6, 6.07) is 7.09. The van der Waals surface area contributed by atoms with Crippen LogP contribution >= 0.6 is 11.6 Å². The van der Waals surface area contributed by atoms with Crippen molar-refractivity contribution < 1.29 is 9.59 Å². The molecule has 2 amide bonds. The second-order valence-corrected chi connectivity index (χ2v) is 6.13. The van der Waals surface area contributed by atoms with Crippen LogP contribution in [0.15, 0.2) is 36.9 Å². The van der Waals surface area contributed by atoms with Crippen molar-refractivity contribution in [3.63, 3.8) is 0 Å². The van der Waals surface area contributed by atoms with E-state index in [1.54, 1.807) is 6.92 Å². The van der Waals surface area contributed by atoms with Gasteiger partial charge in [0.15, 0.2) is 11.6 Å². The minimum atomic E-state index is -0.707. The van der Waals surface area contributed by atoms with Gasteiger partial charge in [0.25, 0.3) is 11.8 Å². The lowest BCUT2D eigenvalue weighted by Crippen LogP contribution is -2.29. The molecule has 1 aromatic carbocycles. The molecule has 0 aliphatic carbocycles. The van der Waals surface area contributed by atoms with Gasteiger partial charge in [-0.15, -0.1) is 0 Å². The van der Waals surface area contributed by atoms with Crippen molar-refractivity contribution in [2.45, 2.75) is 13.0 Å². The van der Waals surface area contributed by atoms with Crippen molar-refractivity contribution in [2.75, 3.05) is 0 Å². The number of halogens is 1. The molecule has 0 saturated carbocycles. The molecule has 10 nitrogen and oxygen atoms in total. The number of aromatic nitrogens is 5. The van der Waals surface area contributed by atoms with E-state index in [0.29, 0.717) is 5.82 Å². The standard InChI is InChI=1S/C17H13ClN8O2/c1-9(25-17(28)11-2-10(6-19)3-12(18)4-11)16-23-8-24-26(16)14-5-13(15(20)27)21-7-22-14/h2-5,7-9H,1H3,(H2,20,27)(H,25,28)/t9-/m0/s1. The van der Waals surface area contributed by atoms with Crippen LogP contribution < -0.4 is 11.1 Å². The Labute approximate surface area is 164 Å². The Balaban J connectivity index is 1.86. The first-order chi connectivity index (χ1) is 13.4. The summed E-state index contributed by atoms with van der Waals surface area (Å²) >= 11 is 5.95. The lowest BCUT2D eigenvalue weighted by atomic mass is 10.1. The minimum Gasteiger partial charge on any atom is -0.364 e. The molecule has 2 heterocycles. The van der Waals surface area contributed by atoms with Gasteiger partial charge >= 0.3 is 0 Å². The Morgan fingerprint density at radius 2 is 2.00 bits per heavy atom. The Morgan fingerprint density at radius 1 is 1.21 bits per heavy atom. The van der Waals surface area contributed by atoms with E-state index in [0.717, 1.165) is 0 Å². The van der Waals surface area contributed by atoms with Crippen molar-refractivity contribution >= 4 is 23.4 Å². The van der Waals surface area contributed by atoms with E-state index in [1.165, 1.54) is 41.6 Å². The van der Waals surface area contributed by atoms with Gasteiger partial charge in [-0.25, -0.2) is 15.0 Å². The number of nitrogens with one attached hydrogen (secondary N) is 1. The minimum absolute atomic E-state index is 0.0195. The van der Waals surface area contributed by atoms with Crippen LogP contribution in [0, 0.1) is 11.3 Å². The van der Waals surface area contributed by atoms with Gasteiger partial charge in [-0.2, -0.15) is 15.0 Å². The molecule has 0 spiro atoms. The summed E-state index contributed by atoms with van der Waals surface area (Å²) < 4.78 is 1.36. The molecule has 0 aliphatic rings. The fraction of sp³-hybridized carbons (Fsp3) is 0.118. The van der Waals surface area contributed by atoms with Crippen molar-refractivity contribution in [1.29, 1.82) is 5.26 Å². The van der Waals surface area contributed by atoms with Crippen LogP contribution in [0.25, 0.3) is 5.82 Å². The largest absolute Gasteiger partial charge is 0.364 e. The van der Waals surface area contributed by atoms with Gasteiger partial charge in [-0.1, -0.05) is 11.6 Å². The molecule has 3 rings (SSSR count). The Hall–Kier alpha value is -3.84. The highest BCUT2D eigenvalue weighted by Gasteiger charge is 2.19. The molecule has 140 valence electrons. The van der Waals surface area contributed by atoms with E-state index in [2.05, 4.69) is 25.4 Å². The van der Waals surface area contributed by atoms with E-state index < -0.39 is 17.9 Å². The molecule has 0 aliphatic heterocycles. The van der Waals surface area contributed by atoms with Crippen LogP contribution in [0.3, 0.4) is 0 Å². The zero-order chi connectivity index (χ0) is 20.3. The summed E-state index contributed by atoms with van der Waals surface area (Å²) in [4.78, 5) is 35.8. The molecule has 28 heavy (non-hydrogen) atoms. The number of rotatable bonds is 5. The zero-order valence-electron chi connectivity index (χ0n) is 14.5. The van der Waals surface area contributed by atoms with Gasteiger partial charge in [-0.05, 0) is 25.1 Å². The van der Waals surface area contributed by atoms with Gasteiger partial charge in [-0.3, -0.25) is 9.59 Å². The van der Waals surface area contributed by atoms with Crippen LogP contribution in [0.4, 0.5) is 0 Å². The summed E-state index contributed by atoms with van der Waals surface area (Å²) in [5.41, 5.74) is 5.76. The van der Waals surface area contributed by atoms with Crippen LogP contribution in [0.2, 0.25) is 5.02 Å². The molecule has 3 N–H and O–H groups in total. The van der Waals surface area contributed by atoms with E-state index in [9.17, 15) is 9.59 Å². The molecule has 0 radical (unpaired) electrons. The fourth-order valence-electron chi connectivity index (χ4n) is 2.45. The molecule has 2 aromatic heterocycles. The average Bonchev–Trinajstić information content (AvgIpc) is 3.17. The summed E-state index contributed by atoms with van der Waals surface area (Å²) in [5, 5.41) is 16.1. The Bertz CT molecular complexity index is 1100. The number of hydrogen-bond donors (Lipinski definition) is 2. The number of carbonyl (C=O) groups is 2. The average molecular weight is 397 g/mol. The number of hydrogen-bond acceptors (Lipinski definition) is 7. The maximum Gasteiger partial charge on any atom is 0.267 e. The van der Waals surface area contributed by atoms with Gasteiger partial charge in [0, 0.05) is 16.7 Å². The first-order valence-electron chi connectivity index (χ1n) is 7.92. The molecule has 0 fully saturated rings. The van der Waals surface area contributed by atoms with Gasteiger partial charge in [0.1, 0.15) is 18.3 Å². The maximum absolute atomic E-state index is 12.5. The lowest BCUT2D eigenvalue weighted by Gasteiger charge is -2.14. The Kier molecular flexibility index (Phi) is 5.28. The van der Waals surface area contributed by atoms with E-state index in [1.807, 2.05) is 6.07 Å². The smallest absolute Gasteiger partial charge is 0.267 e. The molecule has 3 aromatic rings. The lowest BCUT2D eigenvalue weighted by molar-refractivity contribution is 0.0937. The molecule has 0 unspecified atom stereocenters. The summed E-state index contributed by atoms with van der Waals surface area (Å²) in [5.74, 6) is -0.514. The summed E-state index contributed by atoms with van der Waals surface area (Å²) in [6.45, 7) is 1.70. The second-order valence-electron chi connectivity index (χ2n) is 5.69. The number of primary amides is 1. The highest BCUT2D eigenvalue weighted by molar-refractivity contribution is 6.31. The number of carbonyl (C=O) groups excluding carboxylic acids is 2. The number of nitriles is 1. The van der Waals surface area contributed by atoms with E-state index in [-0.39, 0.29) is 27.7 Å². The molecule has 11 heteroatoms. The quantitative estimate of drug-likeness (QED) is 0.656. The zero-order valence-corrected chi connectivity index (χ0v) is 15.3. The highest BCUT2D eigenvalue weighted by Crippen LogP contribution is 2.17. The third-order valence-corrected chi connectivity index (χ3v) is 3.94. The van der Waals surface area contributed by atoms with Crippen molar-refractivity contribution in [3.05, 3.63) is 64.6 Å². The predicted octanol–water partition coefficient (Wildman–Crippen LogP) is 1.17. The van der Waals surface area contributed by atoms with Crippen molar-refractivity contribution in [2.24, 2.45) is 5.73 Å². The van der Waals surface area contributed by atoms with Crippen LogP contribution in [0.1, 0.15) is 45.2 Å². The summed E-state index contributed by atoms with van der Waals surface area (Å²) in [7, 11) is 0. The number of nitrogens with two attached hydrogens (primary N) is 1. The second kappa shape index (κ2) is 7.81. The Morgan fingerprint density at radius 3 is 2.71 bits per heavy atom. The van der Waals surface area contributed by atoms with Gasteiger partial charge < -0.3 is 11.1 Å². The number of benzene rings is 1. The first-order valence-corrected chi connectivity index (χ1v) is 8.30. The van der Waals surface area contributed by atoms with Gasteiger partial charge in [0.05, 0.1) is 17.7 Å². The summed E-state index contributed by atoms with van der Waals surface area (Å²) in [6.07, 6.45) is 2.47. The number of nitrogens with zero attached hydrogens (tertiary/aromatic N) is 6. The molecule has 0 saturated heterocycles. The van der Waals surface area contributed by atoms with E-state index in [4.69, 9.17) is 22.6 Å². The predicted molar refractivity (Wildman–Crippen MR) is 97.5 cm³/mol. The number of amides is 2. The third-order valence-electron chi connectivity index (χ3n) is 3.72. The van der Waals surface area contributed by atoms with Crippen LogP contribution in [-0.2, 0) is 0 Å². The maximum atomic E-state index is 12.5. The molecular weight excluding hydrogens is 384 g/mol. The molecule has 1 atom stereocenters. The topological polar surface area (TPSA) is 152 Å². The van der Waals surface area contributed by atoms with E-state index >= 15 is 0 Å². The highest BCUT2D eigenvalue weighted by atomic mass is 35.5. The molecular formula is C17H13ClN8O2. The van der Waals surface area contributed by atoms with Crippen molar-refractivity contribution in [1.82, 2.24) is 30.0 Å². The first kappa shape index (κ1) is 18.9. The van der Waals surface area contributed by atoms with Crippen LogP contribution in [-0.4, -0.2) is 36.5 Å². The molecule has 0 bridgehead atoms. The van der Waals surface area contributed by atoms with Crippen LogP contribution in [0.5, 0.6) is 0 Å².